The number of benzene rings is 2. The van der Waals surface area contributed by atoms with Gasteiger partial charge in [-0.1, -0.05) is 34.1 Å². The van der Waals surface area contributed by atoms with Crippen LogP contribution in [-0.4, -0.2) is 20.7 Å². The third kappa shape index (κ3) is 4.61. The van der Waals surface area contributed by atoms with E-state index in [1.807, 2.05) is 0 Å². The number of amides is 1. The zero-order valence-corrected chi connectivity index (χ0v) is 19.1. The van der Waals surface area contributed by atoms with Gasteiger partial charge in [-0.2, -0.15) is 18.3 Å². The van der Waals surface area contributed by atoms with Crippen molar-refractivity contribution >= 4 is 38.4 Å². The molecule has 1 amide bonds. The minimum absolute atomic E-state index is 0.0434. The molecule has 0 spiro atoms. The Labute approximate surface area is 194 Å². The number of aromatic nitrogens is 3. The fourth-order valence-corrected chi connectivity index (χ4v) is 3.89. The van der Waals surface area contributed by atoms with E-state index in [1.165, 1.54) is 16.8 Å². The number of aryl methyl sites for hydroxylation is 1. The summed E-state index contributed by atoms with van der Waals surface area (Å²) in [6.07, 6.45) is -4.72. The molecular formula is C23H17BrF4N4O. The predicted molar refractivity (Wildman–Crippen MR) is 120 cm³/mol. The summed E-state index contributed by atoms with van der Waals surface area (Å²) in [7, 11) is 0. The first kappa shape index (κ1) is 22.9. The highest BCUT2D eigenvalue weighted by Gasteiger charge is 2.34. The molecule has 1 N–H and O–H groups in total. The van der Waals surface area contributed by atoms with Crippen molar-refractivity contribution in [2.24, 2.45) is 0 Å². The Morgan fingerprint density at radius 3 is 2.55 bits per heavy atom. The van der Waals surface area contributed by atoms with Crippen molar-refractivity contribution in [2.75, 3.05) is 5.32 Å². The van der Waals surface area contributed by atoms with Gasteiger partial charge in [0.25, 0.3) is 5.91 Å². The van der Waals surface area contributed by atoms with Gasteiger partial charge in [-0.05, 0) is 44.2 Å². The van der Waals surface area contributed by atoms with Crippen LogP contribution in [0.4, 0.5) is 23.2 Å². The van der Waals surface area contributed by atoms with Crippen molar-refractivity contribution in [1.29, 1.82) is 0 Å². The minimum Gasteiger partial charge on any atom is -0.319 e. The van der Waals surface area contributed by atoms with Gasteiger partial charge in [0.2, 0.25) is 0 Å². The third-order valence-corrected chi connectivity index (χ3v) is 5.70. The first-order valence-electron chi connectivity index (χ1n) is 9.81. The van der Waals surface area contributed by atoms with Crippen LogP contribution in [-0.2, 0) is 12.7 Å². The fraction of sp³-hybridized carbons (Fsp3) is 0.174. The van der Waals surface area contributed by atoms with Crippen LogP contribution >= 0.6 is 15.9 Å². The summed E-state index contributed by atoms with van der Waals surface area (Å²) in [6, 6.07) is 11.5. The van der Waals surface area contributed by atoms with Gasteiger partial charge in [0.05, 0.1) is 34.7 Å². The molecule has 4 aromatic rings. The molecule has 0 fully saturated rings. The predicted octanol–water partition coefficient (Wildman–Crippen LogP) is 6.27. The van der Waals surface area contributed by atoms with Crippen LogP contribution in [0, 0.1) is 19.7 Å². The molecule has 0 saturated carbocycles. The molecule has 170 valence electrons. The monoisotopic (exact) mass is 520 g/mol. The third-order valence-electron chi connectivity index (χ3n) is 5.20. The summed E-state index contributed by atoms with van der Waals surface area (Å²) in [5.74, 6) is -1.12. The standard InChI is InChI=1S/C23H17BrF4N4O/c1-12-21(13(2)32(31-12)11-14-5-3-4-6-18(14)25)30-22(33)17-10-20(23(26,27)28)29-19-8-7-15(24)9-16(17)19/h3-10H,11H2,1-2H3,(H,30,33). The smallest absolute Gasteiger partial charge is 0.319 e. The van der Waals surface area contributed by atoms with Crippen molar-refractivity contribution in [2.45, 2.75) is 26.6 Å². The number of halogens is 5. The number of rotatable bonds is 4. The van der Waals surface area contributed by atoms with E-state index in [2.05, 4.69) is 31.3 Å². The average Bonchev–Trinajstić information content (AvgIpc) is 3.01. The van der Waals surface area contributed by atoms with Crippen molar-refractivity contribution in [1.82, 2.24) is 14.8 Å². The van der Waals surface area contributed by atoms with Crippen LogP contribution < -0.4 is 5.32 Å². The second-order valence-corrected chi connectivity index (χ2v) is 8.38. The molecule has 0 radical (unpaired) electrons. The summed E-state index contributed by atoms with van der Waals surface area (Å²) in [4.78, 5) is 16.8. The van der Waals surface area contributed by atoms with Crippen molar-refractivity contribution in [3.05, 3.63) is 87.0 Å². The molecule has 0 aliphatic carbocycles. The summed E-state index contributed by atoms with van der Waals surface area (Å²) in [5, 5.41) is 7.31. The van der Waals surface area contributed by atoms with E-state index in [-0.39, 0.29) is 28.8 Å². The Morgan fingerprint density at radius 2 is 1.85 bits per heavy atom. The molecule has 2 heterocycles. The largest absolute Gasteiger partial charge is 0.433 e. The maximum Gasteiger partial charge on any atom is 0.433 e. The Kier molecular flexibility index (Phi) is 5.96. The first-order chi connectivity index (χ1) is 15.5. The Hall–Kier alpha value is -3.27. The van der Waals surface area contributed by atoms with E-state index >= 15 is 0 Å². The molecule has 2 aromatic heterocycles. The zero-order chi connectivity index (χ0) is 23.9. The molecule has 0 aliphatic rings. The van der Waals surface area contributed by atoms with Crippen molar-refractivity contribution < 1.29 is 22.4 Å². The van der Waals surface area contributed by atoms with Crippen LogP contribution in [0.3, 0.4) is 0 Å². The topological polar surface area (TPSA) is 59.8 Å². The second-order valence-electron chi connectivity index (χ2n) is 7.46. The number of anilines is 1. The number of hydrogen-bond donors (Lipinski definition) is 1. The van der Waals surface area contributed by atoms with Crippen molar-refractivity contribution in [3.63, 3.8) is 0 Å². The number of carbonyl (C=O) groups is 1. The Balaban J connectivity index is 1.72. The molecule has 2 aromatic carbocycles. The summed E-state index contributed by atoms with van der Waals surface area (Å²) in [5.41, 5.74) is 0.473. The van der Waals surface area contributed by atoms with Gasteiger partial charge in [-0.15, -0.1) is 0 Å². The number of hydrogen-bond acceptors (Lipinski definition) is 3. The average molecular weight is 521 g/mol. The van der Waals surface area contributed by atoms with Crippen LogP contribution in [0.15, 0.2) is 53.0 Å². The van der Waals surface area contributed by atoms with Crippen LogP contribution in [0.2, 0.25) is 0 Å². The van der Waals surface area contributed by atoms with Gasteiger partial charge in [-0.3, -0.25) is 9.48 Å². The van der Waals surface area contributed by atoms with Gasteiger partial charge >= 0.3 is 6.18 Å². The molecule has 0 saturated heterocycles. The summed E-state index contributed by atoms with van der Waals surface area (Å²) >= 11 is 3.28. The van der Waals surface area contributed by atoms with E-state index in [1.54, 1.807) is 44.2 Å². The highest BCUT2D eigenvalue weighted by molar-refractivity contribution is 9.10. The summed E-state index contributed by atoms with van der Waals surface area (Å²) in [6.45, 7) is 3.49. The molecule has 4 rings (SSSR count). The van der Waals surface area contributed by atoms with Gasteiger partial charge in [0, 0.05) is 15.4 Å². The SMILES string of the molecule is Cc1nn(Cc2ccccc2F)c(C)c1NC(=O)c1cc(C(F)(F)F)nc2ccc(Br)cc12. The number of alkyl halides is 3. The number of nitrogens with zero attached hydrogens (tertiary/aromatic N) is 3. The van der Waals surface area contributed by atoms with Crippen LogP contribution in [0.5, 0.6) is 0 Å². The van der Waals surface area contributed by atoms with Gasteiger partial charge in [-0.25, -0.2) is 9.37 Å². The van der Waals surface area contributed by atoms with Crippen LogP contribution in [0.1, 0.15) is 33.0 Å². The highest BCUT2D eigenvalue weighted by Crippen LogP contribution is 2.32. The molecule has 10 heteroatoms. The lowest BCUT2D eigenvalue weighted by atomic mass is 10.1. The normalized spacial score (nSPS) is 11.7. The molecule has 0 unspecified atom stereocenters. The van der Waals surface area contributed by atoms with Gasteiger partial charge in [0.15, 0.2) is 0 Å². The highest BCUT2D eigenvalue weighted by atomic mass is 79.9. The molecular weight excluding hydrogens is 504 g/mol. The maximum atomic E-state index is 14.0. The molecule has 0 bridgehead atoms. The lowest BCUT2D eigenvalue weighted by Crippen LogP contribution is -2.17. The maximum absolute atomic E-state index is 14.0. The van der Waals surface area contributed by atoms with E-state index in [0.717, 1.165) is 6.07 Å². The fourth-order valence-electron chi connectivity index (χ4n) is 3.53. The lowest BCUT2D eigenvalue weighted by molar-refractivity contribution is -0.140. The van der Waals surface area contributed by atoms with E-state index in [9.17, 15) is 22.4 Å². The van der Waals surface area contributed by atoms with Crippen molar-refractivity contribution in [3.8, 4) is 0 Å². The second kappa shape index (κ2) is 8.58. The molecule has 0 atom stereocenters. The quantitative estimate of drug-likeness (QED) is 0.322. The lowest BCUT2D eigenvalue weighted by Gasteiger charge is -2.13. The van der Waals surface area contributed by atoms with E-state index in [0.29, 0.717) is 27.1 Å². The van der Waals surface area contributed by atoms with E-state index in [4.69, 9.17) is 0 Å². The minimum atomic E-state index is -4.72. The number of nitrogens with one attached hydrogen (secondary N) is 1. The number of fused-ring (bicyclic) bond motifs is 1. The molecule has 0 aliphatic heterocycles. The number of pyridine rings is 1. The molecule has 33 heavy (non-hydrogen) atoms. The first-order valence-corrected chi connectivity index (χ1v) is 10.6. The number of carbonyl (C=O) groups excluding carboxylic acids is 1. The Morgan fingerprint density at radius 1 is 1.12 bits per heavy atom. The Bertz CT molecular complexity index is 1380. The van der Waals surface area contributed by atoms with Crippen LogP contribution in [0.25, 0.3) is 10.9 Å². The van der Waals surface area contributed by atoms with Gasteiger partial charge < -0.3 is 5.32 Å². The summed E-state index contributed by atoms with van der Waals surface area (Å²) < 4.78 is 56.3. The molecule has 5 nitrogen and oxygen atoms in total. The van der Waals surface area contributed by atoms with E-state index < -0.39 is 17.8 Å². The van der Waals surface area contributed by atoms with Gasteiger partial charge in [0.1, 0.15) is 11.5 Å². The zero-order valence-electron chi connectivity index (χ0n) is 17.5.